The van der Waals surface area contributed by atoms with Gasteiger partial charge in [-0.05, 0) is 25.1 Å². The van der Waals surface area contributed by atoms with Crippen LogP contribution in [0.2, 0.25) is 0 Å². The van der Waals surface area contributed by atoms with E-state index in [1.807, 2.05) is 48.0 Å². The number of benzene rings is 1. The molecular weight excluding hydrogens is 324 g/mol. The summed E-state index contributed by atoms with van der Waals surface area (Å²) in [5.74, 6) is -0.201. The normalized spacial score (nSPS) is 14.9. The van der Waals surface area contributed by atoms with Gasteiger partial charge < -0.3 is 10.2 Å². The van der Waals surface area contributed by atoms with E-state index in [0.717, 1.165) is 21.6 Å². The first kappa shape index (κ1) is 14.9. The van der Waals surface area contributed by atoms with Crippen LogP contribution in [0, 0.1) is 6.92 Å². The predicted octanol–water partition coefficient (Wildman–Crippen LogP) is 1.97. The van der Waals surface area contributed by atoms with Crippen LogP contribution in [0.3, 0.4) is 0 Å². The highest BCUT2D eigenvalue weighted by Crippen LogP contribution is 2.31. The lowest BCUT2D eigenvalue weighted by Gasteiger charge is -2.26. The zero-order chi connectivity index (χ0) is 16.7. The fraction of sp³-hybridized carbons (Fsp3) is 0.235. The van der Waals surface area contributed by atoms with Gasteiger partial charge in [0.2, 0.25) is 5.91 Å². The summed E-state index contributed by atoms with van der Waals surface area (Å²) in [6, 6.07) is 11.7. The summed E-state index contributed by atoms with van der Waals surface area (Å²) < 4.78 is 1.87. The molecule has 1 N–H and O–H groups in total. The summed E-state index contributed by atoms with van der Waals surface area (Å²) in [6.45, 7) is 3.11. The molecule has 1 aliphatic heterocycles. The number of nitrogens with one attached hydrogen (secondary N) is 1. The lowest BCUT2D eigenvalue weighted by atomic mass is 10.2. The summed E-state index contributed by atoms with van der Waals surface area (Å²) in [7, 11) is 0. The summed E-state index contributed by atoms with van der Waals surface area (Å²) in [6.07, 6.45) is 0. The molecule has 0 aliphatic carbocycles. The van der Waals surface area contributed by atoms with Crippen LogP contribution in [-0.4, -0.2) is 46.1 Å². The van der Waals surface area contributed by atoms with E-state index < -0.39 is 0 Å². The lowest BCUT2D eigenvalue weighted by Crippen LogP contribution is -2.49. The van der Waals surface area contributed by atoms with Crippen molar-refractivity contribution in [3.05, 3.63) is 47.0 Å². The van der Waals surface area contributed by atoms with Gasteiger partial charge in [0.25, 0.3) is 5.91 Å². The average molecular weight is 340 g/mol. The number of carbonyl (C=O) groups is 2. The molecule has 1 aliphatic rings. The Labute approximate surface area is 142 Å². The zero-order valence-electron chi connectivity index (χ0n) is 13.2. The van der Waals surface area contributed by atoms with Crippen LogP contribution < -0.4 is 5.32 Å². The first-order valence-corrected chi connectivity index (χ1v) is 8.56. The van der Waals surface area contributed by atoms with Crippen LogP contribution in [0.5, 0.6) is 0 Å². The fourth-order valence-corrected chi connectivity index (χ4v) is 4.02. The SMILES string of the molecule is Cc1nn(-c2ccccc2)c2sc(C(=O)N3CCNC(=O)C3)cc12. The molecule has 0 saturated carbocycles. The maximum atomic E-state index is 12.7. The second-order valence-corrected chi connectivity index (χ2v) is 6.77. The number of aromatic nitrogens is 2. The molecule has 3 heterocycles. The molecule has 4 rings (SSSR count). The van der Waals surface area contributed by atoms with Gasteiger partial charge in [-0.15, -0.1) is 11.3 Å². The van der Waals surface area contributed by atoms with Crippen molar-refractivity contribution in [1.29, 1.82) is 0 Å². The van der Waals surface area contributed by atoms with Crippen molar-refractivity contribution in [2.75, 3.05) is 19.6 Å². The maximum Gasteiger partial charge on any atom is 0.264 e. The molecule has 122 valence electrons. The third-order valence-electron chi connectivity index (χ3n) is 4.08. The van der Waals surface area contributed by atoms with Gasteiger partial charge in [-0.25, -0.2) is 4.68 Å². The molecule has 0 unspecified atom stereocenters. The molecule has 2 amide bonds. The van der Waals surface area contributed by atoms with Gasteiger partial charge in [0.15, 0.2) is 0 Å². The zero-order valence-corrected chi connectivity index (χ0v) is 14.0. The Bertz CT molecular complexity index is 929. The number of hydrogen-bond acceptors (Lipinski definition) is 4. The molecule has 0 radical (unpaired) electrons. The van der Waals surface area contributed by atoms with Gasteiger partial charge in [0, 0.05) is 18.5 Å². The first-order chi connectivity index (χ1) is 11.6. The standard InChI is InChI=1S/C17H16N4O2S/c1-11-13-9-14(16(23)20-8-7-18-15(22)10-20)24-17(13)21(19-11)12-5-3-2-4-6-12/h2-6,9H,7-8,10H2,1H3,(H,18,22). The van der Waals surface area contributed by atoms with Crippen LogP contribution in [0.25, 0.3) is 15.9 Å². The Balaban J connectivity index is 1.73. The molecule has 0 bridgehead atoms. The van der Waals surface area contributed by atoms with E-state index in [9.17, 15) is 9.59 Å². The number of carbonyl (C=O) groups excluding carboxylic acids is 2. The average Bonchev–Trinajstić information content (AvgIpc) is 3.16. The number of nitrogens with zero attached hydrogens (tertiary/aromatic N) is 3. The van der Waals surface area contributed by atoms with E-state index in [4.69, 9.17) is 0 Å². The van der Waals surface area contributed by atoms with E-state index in [1.54, 1.807) is 4.90 Å². The number of piperazine rings is 1. The van der Waals surface area contributed by atoms with Crippen molar-refractivity contribution in [3.63, 3.8) is 0 Å². The van der Waals surface area contributed by atoms with Gasteiger partial charge in [-0.3, -0.25) is 9.59 Å². The highest BCUT2D eigenvalue weighted by atomic mass is 32.1. The van der Waals surface area contributed by atoms with Crippen molar-refractivity contribution in [2.45, 2.75) is 6.92 Å². The van der Waals surface area contributed by atoms with Crippen LogP contribution in [0.1, 0.15) is 15.4 Å². The second kappa shape index (κ2) is 5.76. The van der Waals surface area contributed by atoms with E-state index in [0.29, 0.717) is 18.0 Å². The van der Waals surface area contributed by atoms with Crippen LogP contribution in [-0.2, 0) is 4.79 Å². The Morgan fingerprint density at radius 3 is 2.83 bits per heavy atom. The highest BCUT2D eigenvalue weighted by molar-refractivity contribution is 7.20. The monoisotopic (exact) mass is 340 g/mol. The smallest absolute Gasteiger partial charge is 0.264 e. The minimum Gasteiger partial charge on any atom is -0.353 e. The number of fused-ring (bicyclic) bond motifs is 1. The minimum absolute atomic E-state index is 0.0925. The quantitative estimate of drug-likeness (QED) is 0.775. The Kier molecular flexibility index (Phi) is 3.57. The van der Waals surface area contributed by atoms with Gasteiger partial charge in [0.05, 0.1) is 22.8 Å². The first-order valence-electron chi connectivity index (χ1n) is 7.74. The number of thiophene rings is 1. The number of para-hydroxylation sites is 1. The predicted molar refractivity (Wildman–Crippen MR) is 92.6 cm³/mol. The third kappa shape index (κ3) is 2.46. The third-order valence-corrected chi connectivity index (χ3v) is 5.18. The summed E-state index contributed by atoms with van der Waals surface area (Å²) in [4.78, 5) is 27.4. The summed E-state index contributed by atoms with van der Waals surface area (Å²) in [5.41, 5.74) is 1.86. The van der Waals surface area contributed by atoms with Gasteiger partial charge in [0.1, 0.15) is 4.83 Å². The molecule has 3 aromatic rings. The van der Waals surface area contributed by atoms with E-state index in [2.05, 4.69) is 10.4 Å². The second-order valence-electron chi connectivity index (χ2n) is 5.74. The molecule has 24 heavy (non-hydrogen) atoms. The molecule has 0 atom stereocenters. The Morgan fingerprint density at radius 1 is 1.29 bits per heavy atom. The molecule has 1 saturated heterocycles. The molecule has 6 nitrogen and oxygen atoms in total. The highest BCUT2D eigenvalue weighted by Gasteiger charge is 2.25. The van der Waals surface area contributed by atoms with Gasteiger partial charge in [-0.1, -0.05) is 18.2 Å². The Morgan fingerprint density at radius 2 is 2.08 bits per heavy atom. The summed E-state index contributed by atoms with van der Waals surface area (Å²) in [5, 5.41) is 8.30. The van der Waals surface area contributed by atoms with Crippen molar-refractivity contribution in [1.82, 2.24) is 20.0 Å². The van der Waals surface area contributed by atoms with Crippen molar-refractivity contribution >= 4 is 33.4 Å². The maximum absolute atomic E-state index is 12.7. The van der Waals surface area contributed by atoms with Crippen molar-refractivity contribution in [2.24, 2.45) is 0 Å². The molecule has 1 aromatic carbocycles. The number of amides is 2. The van der Waals surface area contributed by atoms with Gasteiger partial charge in [-0.2, -0.15) is 5.10 Å². The molecule has 0 spiro atoms. The number of aryl methyl sites for hydroxylation is 1. The molecule has 7 heteroatoms. The van der Waals surface area contributed by atoms with E-state index in [1.165, 1.54) is 11.3 Å². The largest absolute Gasteiger partial charge is 0.353 e. The van der Waals surface area contributed by atoms with E-state index >= 15 is 0 Å². The van der Waals surface area contributed by atoms with Crippen LogP contribution in [0.4, 0.5) is 0 Å². The van der Waals surface area contributed by atoms with E-state index in [-0.39, 0.29) is 18.4 Å². The van der Waals surface area contributed by atoms with Crippen LogP contribution in [0.15, 0.2) is 36.4 Å². The summed E-state index contributed by atoms with van der Waals surface area (Å²) >= 11 is 1.42. The Hall–Kier alpha value is -2.67. The van der Waals surface area contributed by atoms with Gasteiger partial charge >= 0.3 is 0 Å². The number of rotatable bonds is 2. The lowest BCUT2D eigenvalue weighted by molar-refractivity contribution is -0.123. The topological polar surface area (TPSA) is 67.2 Å². The molecular formula is C17H16N4O2S. The van der Waals surface area contributed by atoms with Crippen molar-refractivity contribution < 1.29 is 9.59 Å². The minimum atomic E-state index is -0.109. The fourth-order valence-electron chi connectivity index (χ4n) is 2.86. The molecule has 1 fully saturated rings. The number of hydrogen-bond donors (Lipinski definition) is 1. The molecule has 2 aromatic heterocycles. The van der Waals surface area contributed by atoms with Crippen molar-refractivity contribution in [3.8, 4) is 5.69 Å². The van der Waals surface area contributed by atoms with Crippen LogP contribution >= 0.6 is 11.3 Å².